The average Bonchev–Trinajstić information content (AvgIpc) is 2.72. The summed E-state index contributed by atoms with van der Waals surface area (Å²) in [4.78, 5) is 2.47. The molecule has 0 bridgehead atoms. The Morgan fingerprint density at radius 2 is 2.20 bits per heavy atom. The van der Waals surface area contributed by atoms with Gasteiger partial charge in [-0.05, 0) is 45.2 Å². The Hall–Kier alpha value is -0.120. The Morgan fingerprint density at radius 3 is 2.80 bits per heavy atom. The normalized spacial score (nSPS) is 40.4. The molecule has 0 saturated carbocycles. The first kappa shape index (κ1) is 11.4. The first-order valence-electron chi connectivity index (χ1n) is 6.20. The highest BCUT2D eigenvalue weighted by Crippen LogP contribution is 2.33. The van der Waals surface area contributed by atoms with Crippen LogP contribution in [0.25, 0.3) is 0 Å². The molecule has 0 aromatic rings. The molecule has 2 fully saturated rings. The molecule has 3 heteroatoms. The molecule has 0 aromatic heterocycles. The number of fused-ring (bicyclic) bond motifs is 1. The van der Waals surface area contributed by atoms with E-state index in [2.05, 4.69) is 24.1 Å². The first-order valence-corrected chi connectivity index (χ1v) is 6.20. The largest absolute Gasteiger partial charge is 0.389 e. The van der Waals surface area contributed by atoms with E-state index in [1.54, 1.807) is 0 Å². The molecule has 0 aliphatic carbocycles. The van der Waals surface area contributed by atoms with Crippen molar-refractivity contribution in [3.05, 3.63) is 0 Å². The number of hydrogen-bond donors (Lipinski definition) is 2. The molecule has 15 heavy (non-hydrogen) atoms. The quantitative estimate of drug-likeness (QED) is 0.722. The third-order valence-electron chi connectivity index (χ3n) is 4.36. The lowest BCUT2D eigenvalue weighted by molar-refractivity contribution is 0.0114. The van der Waals surface area contributed by atoms with Crippen molar-refractivity contribution in [2.24, 2.45) is 11.8 Å². The maximum atomic E-state index is 10.1. The van der Waals surface area contributed by atoms with E-state index in [0.717, 1.165) is 37.9 Å². The zero-order valence-electron chi connectivity index (χ0n) is 10.2. The van der Waals surface area contributed by atoms with Crippen molar-refractivity contribution in [3.8, 4) is 0 Å². The van der Waals surface area contributed by atoms with E-state index in [1.165, 1.54) is 6.54 Å². The van der Waals surface area contributed by atoms with E-state index in [9.17, 15) is 5.11 Å². The lowest BCUT2D eigenvalue weighted by Crippen LogP contribution is -2.44. The molecule has 0 aromatic carbocycles. The molecule has 3 nitrogen and oxygen atoms in total. The Kier molecular flexibility index (Phi) is 3.06. The van der Waals surface area contributed by atoms with E-state index in [-0.39, 0.29) is 0 Å². The van der Waals surface area contributed by atoms with Crippen molar-refractivity contribution in [1.82, 2.24) is 10.2 Å². The summed E-state index contributed by atoms with van der Waals surface area (Å²) < 4.78 is 0. The Labute approximate surface area is 92.8 Å². The topological polar surface area (TPSA) is 35.5 Å². The van der Waals surface area contributed by atoms with Gasteiger partial charge in [-0.2, -0.15) is 0 Å². The third kappa shape index (κ3) is 2.19. The summed E-state index contributed by atoms with van der Waals surface area (Å²) in [7, 11) is 0. The molecular formula is C12H24N2O. The Balaban J connectivity index is 1.95. The van der Waals surface area contributed by atoms with Gasteiger partial charge in [-0.25, -0.2) is 0 Å². The van der Waals surface area contributed by atoms with E-state index < -0.39 is 5.60 Å². The fraction of sp³-hybridized carbons (Fsp3) is 1.00. The molecule has 0 radical (unpaired) electrons. The molecule has 0 spiro atoms. The van der Waals surface area contributed by atoms with Crippen LogP contribution < -0.4 is 5.32 Å². The standard InChI is InChI=1S/C12H24N2O/c1-4-12(3,15)8-14-7-10-5-13-6-11(10)9(14)2/h9-11,13,15H,4-8H2,1-3H3. The predicted octanol–water partition coefficient (Wildman–Crippen LogP) is 0.687. The summed E-state index contributed by atoms with van der Waals surface area (Å²) in [6.07, 6.45) is 0.837. The molecule has 4 atom stereocenters. The summed E-state index contributed by atoms with van der Waals surface area (Å²) in [5.41, 5.74) is -0.514. The molecule has 88 valence electrons. The molecule has 2 heterocycles. The minimum atomic E-state index is -0.514. The molecule has 2 rings (SSSR count). The second kappa shape index (κ2) is 4.04. The van der Waals surface area contributed by atoms with Gasteiger partial charge in [0, 0.05) is 19.1 Å². The van der Waals surface area contributed by atoms with Gasteiger partial charge in [0.1, 0.15) is 0 Å². The van der Waals surface area contributed by atoms with Crippen LogP contribution in [-0.4, -0.2) is 47.8 Å². The minimum Gasteiger partial charge on any atom is -0.389 e. The lowest BCUT2D eigenvalue weighted by atomic mass is 9.95. The van der Waals surface area contributed by atoms with E-state index >= 15 is 0 Å². The molecule has 2 N–H and O–H groups in total. The maximum Gasteiger partial charge on any atom is 0.0743 e. The van der Waals surface area contributed by atoms with Gasteiger partial charge in [-0.15, -0.1) is 0 Å². The van der Waals surface area contributed by atoms with Crippen LogP contribution in [0.5, 0.6) is 0 Å². The van der Waals surface area contributed by atoms with Crippen molar-refractivity contribution >= 4 is 0 Å². The first-order chi connectivity index (χ1) is 7.03. The van der Waals surface area contributed by atoms with Crippen LogP contribution in [0.3, 0.4) is 0 Å². The van der Waals surface area contributed by atoms with Crippen molar-refractivity contribution in [2.75, 3.05) is 26.2 Å². The van der Waals surface area contributed by atoms with Gasteiger partial charge < -0.3 is 10.4 Å². The van der Waals surface area contributed by atoms with Crippen molar-refractivity contribution < 1.29 is 5.11 Å². The van der Waals surface area contributed by atoms with Crippen molar-refractivity contribution in [1.29, 1.82) is 0 Å². The molecule has 0 amide bonds. The second-order valence-electron chi connectivity index (χ2n) is 5.60. The minimum absolute atomic E-state index is 0.514. The summed E-state index contributed by atoms with van der Waals surface area (Å²) >= 11 is 0. The van der Waals surface area contributed by atoms with E-state index in [0.29, 0.717) is 6.04 Å². The second-order valence-corrected chi connectivity index (χ2v) is 5.60. The SMILES string of the molecule is CCC(C)(O)CN1CC2CNCC2C1C. The molecule has 2 aliphatic rings. The van der Waals surface area contributed by atoms with Crippen LogP contribution >= 0.6 is 0 Å². The van der Waals surface area contributed by atoms with Crippen molar-refractivity contribution in [2.45, 2.75) is 38.8 Å². The maximum absolute atomic E-state index is 10.1. The van der Waals surface area contributed by atoms with Crippen LogP contribution in [0.1, 0.15) is 27.2 Å². The number of nitrogens with zero attached hydrogens (tertiary/aromatic N) is 1. The monoisotopic (exact) mass is 212 g/mol. The fourth-order valence-electron chi connectivity index (χ4n) is 3.01. The lowest BCUT2D eigenvalue weighted by Gasteiger charge is -2.32. The highest BCUT2D eigenvalue weighted by atomic mass is 16.3. The number of hydrogen-bond acceptors (Lipinski definition) is 3. The van der Waals surface area contributed by atoms with Crippen LogP contribution in [0, 0.1) is 11.8 Å². The number of aliphatic hydroxyl groups is 1. The highest BCUT2D eigenvalue weighted by molar-refractivity contribution is 4.98. The zero-order valence-corrected chi connectivity index (χ0v) is 10.2. The third-order valence-corrected chi connectivity index (χ3v) is 4.36. The molecular weight excluding hydrogens is 188 g/mol. The zero-order chi connectivity index (χ0) is 11.1. The van der Waals surface area contributed by atoms with Crippen LogP contribution in [0.15, 0.2) is 0 Å². The van der Waals surface area contributed by atoms with Crippen LogP contribution in [0.2, 0.25) is 0 Å². The number of rotatable bonds is 3. The van der Waals surface area contributed by atoms with Crippen LogP contribution in [0.4, 0.5) is 0 Å². The Bertz CT molecular complexity index is 230. The predicted molar refractivity (Wildman–Crippen MR) is 61.8 cm³/mol. The number of nitrogens with one attached hydrogen (secondary N) is 1. The van der Waals surface area contributed by atoms with Crippen molar-refractivity contribution in [3.63, 3.8) is 0 Å². The van der Waals surface area contributed by atoms with Crippen LogP contribution in [-0.2, 0) is 0 Å². The summed E-state index contributed by atoms with van der Waals surface area (Å²) in [5, 5.41) is 13.6. The average molecular weight is 212 g/mol. The summed E-state index contributed by atoms with van der Waals surface area (Å²) in [6.45, 7) is 10.6. The smallest absolute Gasteiger partial charge is 0.0743 e. The van der Waals surface area contributed by atoms with Gasteiger partial charge in [0.25, 0.3) is 0 Å². The number of likely N-dealkylation sites (tertiary alicyclic amines) is 1. The molecule has 2 aliphatic heterocycles. The van der Waals surface area contributed by atoms with Gasteiger partial charge in [-0.3, -0.25) is 4.90 Å². The van der Waals surface area contributed by atoms with E-state index in [1.807, 2.05) is 6.92 Å². The number of β-amino-alcohol motifs (C(OH)–C–C–N with tert-alkyl or cyclic N) is 1. The summed E-state index contributed by atoms with van der Waals surface area (Å²) in [6, 6.07) is 0.628. The summed E-state index contributed by atoms with van der Waals surface area (Å²) in [5.74, 6) is 1.62. The van der Waals surface area contributed by atoms with Gasteiger partial charge in [0.2, 0.25) is 0 Å². The Morgan fingerprint density at radius 1 is 1.47 bits per heavy atom. The highest BCUT2D eigenvalue weighted by Gasteiger charge is 2.43. The van der Waals surface area contributed by atoms with Gasteiger partial charge in [0.15, 0.2) is 0 Å². The fourth-order valence-corrected chi connectivity index (χ4v) is 3.01. The molecule has 2 saturated heterocycles. The van der Waals surface area contributed by atoms with Gasteiger partial charge >= 0.3 is 0 Å². The van der Waals surface area contributed by atoms with E-state index in [4.69, 9.17) is 0 Å². The van der Waals surface area contributed by atoms with Gasteiger partial charge in [-0.1, -0.05) is 6.92 Å². The van der Waals surface area contributed by atoms with Gasteiger partial charge in [0.05, 0.1) is 5.60 Å². The molecule has 4 unspecified atom stereocenters.